The highest BCUT2D eigenvalue weighted by Crippen LogP contribution is 2.25. The Morgan fingerprint density at radius 2 is 2.00 bits per heavy atom. The summed E-state index contributed by atoms with van der Waals surface area (Å²) in [5.74, 6) is 0.315. The molecular weight excluding hydrogens is 257 g/mol. The molecule has 1 fully saturated rings. The van der Waals surface area contributed by atoms with E-state index < -0.39 is 0 Å². The Labute approximate surface area is 119 Å². The molecule has 1 aliphatic rings. The fourth-order valence-corrected chi connectivity index (χ4v) is 2.27. The van der Waals surface area contributed by atoms with Gasteiger partial charge in [0.1, 0.15) is 5.82 Å². The molecule has 20 heavy (non-hydrogen) atoms. The molecule has 0 spiro atoms. The molecule has 1 aromatic carbocycles. The number of morpholine rings is 1. The zero-order valence-corrected chi connectivity index (χ0v) is 12.1. The van der Waals surface area contributed by atoms with Gasteiger partial charge in [0.25, 0.3) is 0 Å². The van der Waals surface area contributed by atoms with Gasteiger partial charge in [-0.2, -0.15) is 0 Å². The number of ether oxygens (including phenoxy) is 1. The van der Waals surface area contributed by atoms with Gasteiger partial charge in [0.2, 0.25) is 0 Å². The molecule has 1 aromatic rings. The molecule has 0 unspecified atom stereocenters. The molecule has 1 saturated heterocycles. The third-order valence-corrected chi connectivity index (χ3v) is 3.57. The lowest BCUT2D eigenvalue weighted by molar-refractivity contribution is 0.0674. The number of halogens is 1. The molecule has 4 nitrogen and oxygen atoms in total. The van der Waals surface area contributed by atoms with E-state index in [2.05, 4.69) is 4.99 Å². The van der Waals surface area contributed by atoms with Crippen LogP contribution in [0.4, 0.5) is 4.39 Å². The van der Waals surface area contributed by atoms with Crippen molar-refractivity contribution >= 4 is 5.96 Å². The fraction of sp³-hybridized carbons (Fsp3) is 0.533. The molecule has 1 heterocycles. The highest BCUT2D eigenvalue weighted by molar-refractivity contribution is 5.78. The van der Waals surface area contributed by atoms with Crippen molar-refractivity contribution in [1.82, 2.24) is 4.90 Å². The average molecular weight is 279 g/mol. The van der Waals surface area contributed by atoms with E-state index >= 15 is 0 Å². The van der Waals surface area contributed by atoms with Crippen molar-refractivity contribution in [2.24, 2.45) is 10.7 Å². The maximum absolute atomic E-state index is 13.9. The quantitative estimate of drug-likeness (QED) is 0.677. The number of rotatable bonds is 3. The highest BCUT2D eigenvalue weighted by Gasteiger charge is 2.24. The summed E-state index contributed by atoms with van der Waals surface area (Å²) in [6.45, 7) is 7.27. The first-order valence-electron chi connectivity index (χ1n) is 6.88. The number of guanidine groups is 1. The summed E-state index contributed by atoms with van der Waals surface area (Å²) in [6, 6.07) is 6.82. The van der Waals surface area contributed by atoms with E-state index in [1.54, 1.807) is 12.1 Å². The lowest BCUT2D eigenvalue weighted by Crippen LogP contribution is -2.45. The molecule has 0 atom stereocenters. The van der Waals surface area contributed by atoms with Crippen molar-refractivity contribution in [3.63, 3.8) is 0 Å². The third kappa shape index (κ3) is 3.48. The van der Waals surface area contributed by atoms with Gasteiger partial charge in [-0.1, -0.05) is 32.0 Å². The largest absolute Gasteiger partial charge is 0.378 e. The van der Waals surface area contributed by atoms with Crippen LogP contribution in [0.15, 0.2) is 29.3 Å². The molecule has 0 amide bonds. The van der Waals surface area contributed by atoms with Gasteiger partial charge in [0.15, 0.2) is 5.96 Å². The van der Waals surface area contributed by atoms with Crippen LogP contribution in [0.1, 0.15) is 19.4 Å². The molecule has 0 radical (unpaired) electrons. The Morgan fingerprint density at radius 1 is 1.35 bits per heavy atom. The van der Waals surface area contributed by atoms with Gasteiger partial charge in [-0.15, -0.1) is 0 Å². The van der Waals surface area contributed by atoms with Crippen LogP contribution in [0, 0.1) is 5.82 Å². The maximum Gasteiger partial charge on any atom is 0.191 e. The normalized spacial score (nSPS) is 17.4. The van der Waals surface area contributed by atoms with Crippen molar-refractivity contribution in [3.8, 4) is 0 Å². The van der Waals surface area contributed by atoms with Crippen molar-refractivity contribution in [2.45, 2.75) is 19.3 Å². The van der Waals surface area contributed by atoms with Crippen molar-refractivity contribution < 1.29 is 9.13 Å². The second-order valence-corrected chi connectivity index (χ2v) is 5.64. The predicted molar refractivity (Wildman–Crippen MR) is 78.3 cm³/mol. The molecule has 1 aliphatic heterocycles. The number of hydrogen-bond acceptors (Lipinski definition) is 2. The number of hydrogen-bond donors (Lipinski definition) is 1. The second kappa shape index (κ2) is 6.22. The van der Waals surface area contributed by atoms with Crippen LogP contribution < -0.4 is 5.73 Å². The first-order chi connectivity index (χ1) is 9.50. The molecule has 5 heteroatoms. The smallest absolute Gasteiger partial charge is 0.191 e. The summed E-state index contributed by atoms with van der Waals surface area (Å²) in [4.78, 5) is 6.44. The van der Waals surface area contributed by atoms with Gasteiger partial charge in [0.05, 0.1) is 19.8 Å². The first-order valence-corrected chi connectivity index (χ1v) is 6.88. The lowest BCUT2D eigenvalue weighted by atomic mass is 9.84. The molecule has 0 aliphatic carbocycles. The average Bonchev–Trinajstić information content (AvgIpc) is 2.46. The van der Waals surface area contributed by atoms with Gasteiger partial charge in [-0.05, 0) is 11.6 Å². The monoisotopic (exact) mass is 279 g/mol. The molecule has 0 bridgehead atoms. The van der Waals surface area contributed by atoms with E-state index in [1.165, 1.54) is 6.07 Å². The Hall–Kier alpha value is -1.62. The van der Waals surface area contributed by atoms with Gasteiger partial charge in [-0.25, -0.2) is 4.39 Å². The standard InChI is InChI=1S/C15H22FN3O/c1-15(2,12-5-3-4-6-13(12)16)11-18-14(17)19-7-9-20-10-8-19/h3-6H,7-11H2,1-2H3,(H2,17,18). The number of aliphatic imine (C=N–C) groups is 1. The lowest BCUT2D eigenvalue weighted by Gasteiger charge is -2.29. The summed E-state index contributed by atoms with van der Waals surface area (Å²) in [6.07, 6.45) is 0. The van der Waals surface area contributed by atoms with Gasteiger partial charge >= 0.3 is 0 Å². The summed E-state index contributed by atoms with van der Waals surface area (Å²) < 4.78 is 19.1. The molecular formula is C15H22FN3O. The highest BCUT2D eigenvalue weighted by atomic mass is 19.1. The number of nitrogens with zero attached hydrogens (tertiary/aromatic N) is 2. The van der Waals surface area contributed by atoms with Crippen LogP contribution in [0.25, 0.3) is 0 Å². The van der Waals surface area contributed by atoms with E-state index in [1.807, 2.05) is 24.8 Å². The van der Waals surface area contributed by atoms with Gasteiger partial charge in [0, 0.05) is 18.5 Å². The zero-order chi connectivity index (χ0) is 14.6. The van der Waals surface area contributed by atoms with E-state index in [0.29, 0.717) is 31.3 Å². The van der Waals surface area contributed by atoms with Crippen LogP contribution >= 0.6 is 0 Å². The molecule has 0 aromatic heterocycles. The van der Waals surface area contributed by atoms with E-state index in [4.69, 9.17) is 10.5 Å². The van der Waals surface area contributed by atoms with E-state index in [-0.39, 0.29) is 11.2 Å². The Kier molecular flexibility index (Phi) is 4.60. The van der Waals surface area contributed by atoms with Gasteiger partial charge in [-0.3, -0.25) is 4.99 Å². The maximum atomic E-state index is 13.9. The minimum Gasteiger partial charge on any atom is -0.378 e. The summed E-state index contributed by atoms with van der Waals surface area (Å²) in [7, 11) is 0. The minimum absolute atomic E-state index is 0.197. The number of benzene rings is 1. The summed E-state index contributed by atoms with van der Waals surface area (Å²) >= 11 is 0. The third-order valence-electron chi connectivity index (χ3n) is 3.57. The molecule has 2 rings (SSSR count). The van der Waals surface area contributed by atoms with Crippen LogP contribution in [-0.2, 0) is 10.2 Å². The van der Waals surface area contributed by atoms with Crippen LogP contribution in [0.5, 0.6) is 0 Å². The molecule has 2 N–H and O–H groups in total. The topological polar surface area (TPSA) is 50.8 Å². The summed E-state index contributed by atoms with van der Waals surface area (Å²) in [5, 5.41) is 0. The molecule has 0 saturated carbocycles. The number of nitrogens with two attached hydrogens (primary N) is 1. The fourth-order valence-electron chi connectivity index (χ4n) is 2.27. The SMILES string of the molecule is CC(C)(CN=C(N)N1CCOCC1)c1ccccc1F. The Balaban J connectivity index is 2.06. The van der Waals surface area contributed by atoms with Crippen LogP contribution in [0.3, 0.4) is 0 Å². The van der Waals surface area contributed by atoms with E-state index in [0.717, 1.165) is 13.1 Å². The van der Waals surface area contributed by atoms with Crippen LogP contribution in [-0.4, -0.2) is 43.7 Å². The second-order valence-electron chi connectivity index (χ2n) is 5.64. The van der Waals surface area contributed by atoms with Crippen molar-refractivity contribution in [1.29, 1.82) is 0 Å². The van der Waals surface area contributed by atoms with Gasteiger partial charge < -0.3 is 15.4 Å². The predicted octanol–water partition coefficient (Wildman–Crippen LogP) is 1.75. The zero-order valence-electron chi connectivity index (χ0n) is 12.1. The Bertz CT molecular complexity index is 482. The van der Waals surface area contributed by atoms with Crippen molar-refractivity contribution in [2.75, 3.05) is 32.8 Å². The minimum atomic E-state index is -0.387. The van der Waals surface area contributed by atoms with E-state index in [9.17, 15) is 4.39 Å². The molecule has 110 valence electrons. The Morgan fingerprint density at radius 3 is 2.65 bits per heavy atom. The van der Waals surface area contributed by atoms with Crippen LogP contribution in [0.2, 0.25) is 0 Å². The van der Waals surface area contributed by atoms with Crippen molar-refractivity contribution in [3.05, 3.63) is 35.6 Å². The summed E-state index contributed by atoms with van der Waals surface area (Å²) in [5.41, 5.74) is 6.28. The first kappa shape index (κ1) is 14.8.